The molecular formula is C39H43N2O5+. The van der Waals surface area contributed by atoms with Crippen molar-refractivity contribution in [3.63, 3.8) is 0 Å². The van der Waals surface area contributed by atoms with Crippen molar-refractivity contribution in [3.8, 4) is 5.75 Å². The Hall–Kier alpha value is -4.91. The van der Waals surface area contributed by atoms with E-state index >= 15 is 0 Å². The zero-order valence-corrected chi connectivity index (χ0v) is 27.4. The lowest BCUT2D eigenvalue weighted by Crippen LogP contribution is -2.33. The van der Waals surface area contributed by atoms with Crippen LogP contribution in [0.3, 0.4) is 0 Å². The first-order valence-electron chi connectivity index (χ1n) is 15.9. The molecule has 1 amide bonds. The van der Waals surface area contributed by atoms with E-state index in [2.05, 4.69) is 51.2 Å². The molecule has 0 unspecified atom stereocenters. The summed E-state index contributed by atoms with van der Waals surface area (Å²) in [6, 6.07) is 10.6. The van der Waals surface area contributed by atoms with E-state index in [0.29, 0.717) is 42.2 Å². The standard InChI is InChI=1S/C39H42N2O5/c1-27(12-14-33-29(3)11-7-19-39(33,4)5)9-6-10-28(2)25-34(42)40-32-16-21-41(22-17-32)20-8-23-44-38-36-31(18-24-45-36)26-30-13-15-35(43)46-37(30)38/h6,9-10,12-18,21-22,24-26H,7-8,11,19-20,23H2,1-5H3/p+1/b10-6-,14-12+,27-9+,28-25-. The third-order valence-corrected chi connectivity index (χ3v) is 8.38. The molecule has 1 aromatic carbocycles. The largest absolute Gasteiger partial charge is 0.486 e. The fourth-order valence-electron chi connectivity index (χ4n) is 5.91. The summed E-state index contributed by atoms with van der Waals surface area (Å²) < 4.78 is 19.1. The quantitative estimate of drug-likeness (QED) is 0.0596. The summed E-state index contributed by atoms with van der Waals surface area (Å²) >= 11 is 0. The smallest absolute Gasteiger partial charge is 0.336 e. The van der Waals surface area contributed by atoms with Crippen molar-refractivity contribution in [1.82, 2.24) is 0 Å². The number of hydrogen-bond acceptors (Lipinski definition) is 5. The number of hydrogen-bond donors (Lipinski definition) is 1. The Labute approximate surface area is 270 Å². The molecule has 4 aromatic rings. The molecule has 0 atom stereocenters. The van der Waals surface area contributed by atoms with Crippen molar-refractivity contribution in [2.45, 2.75) is 66.8 Å². The number of aromatic nitrogens is 1. The third-order valence-electron chi connectivity index (χ3n) is 8.38. The van der Waals surface area contributed by atoms with Crippen molar-refractivity contribution < 1.29 is 22.9 Å². The lowest BCUT2D eigenvalue weighted by molar-refractivity contribution is -0.697. The van der Waals surface area contributed by atoms with Gasteiger partial charge in [0.25, 0.3) is 0 Å². The number of carbonyl (C=O) groups is 1. The van der Waals surface area contributed by atoms with E-state index in [9.17, 15) is 9.59 Å². The Bertz CT molecular complexity index is 1930. The molecule has 46 heavy (non-hydrogen) atoms. The zero-order valence-electron chi connectivity index (χ0n) is 27.4. The normalized spacial score (nSPS) is 15.8. The van der Waals surface area contributed by atoms with E-state index in [1.54, 1.807) is 18.4 Å². The van der Waals surface area contributed by atoms with Gasteiger partial charge in [-0.15, -0.1) is 0 Å². The highest BCUT2D eigenvalue weighted by Gasteiger charge is 2.26. The number of amides is 1. The SMILES string of the molecule is CC1=C(/C=C/C(C)=C/C=C\C(C)=C/C(=O)Nc2cc[n+](CCCOc3c4occc4cc4ccc(=O)oc34)cc2)C(C)(C)CCC1. The van der Waals surface area contributed by atoms with Crippen LogP contribution in [0.25, 0.3) is 21.9 Å². The van der Waals surface area contributed by atoms with Gasteiger partial charge in [-0.3, -0.25) is 4.79 Å². The molecule has 0 spiro atoms. The Morgan fingerprint density at radius 1 is 1.04 bits per heavy atom. The Kier molecular flexibility index (Phi) is 10.2. The Balaban J connectivity index is 1.10. The molecule has 238 valence electrons. The van der Waals surface area contributed by atoms with Crippen LogP contribution < -0.4 is 20.2 Å². The average molecular weight is 620 g/mol. The highest BCUT2D eigenvalue weighted by molar-refractivity contribution is 6.00. The predicted molar refractivity (Wildman–Crippen MR) is 184 cm³/mol. The van der Waals surface area contributed by atoms with Gasteiger partial charge in [0.15, 0.2) is 30.1 Å². The van der Waals surface area contributed by atoms with Gasteiger partial charge >= 0.3 is 5.63 Å². The summed E-state index contributed by atoms with van der Waals surface area (Å²) in [6.07, 6.45) is 21.8. The highest BCUT2D eigenvalue weighted by atomic mass is 16.5. The number of benzene rings is 1. The molecule has 0 saturated carbocycles. The van der Waals surface area contributed by atoms with Crippen LogP contribution in [0.5, 0.6) is 5.75 Å². The van der Waals surface area contributed by atoms with Crippen LogP contribution in [-0.4, -0.2) is 12.5 Å². The van der Waals surface area contributed by atoms with E-state index in [1.165, 1.54) is 36.5 Å². The van der Waals surface area contributed by atoms with Gasteiger partial charge in [0, 0.05) is 41.5 Å². The molecular weight excluding hydrogens is 576 g/mol. The van der Waals surface area contributed by atoms with Crippen LogP contribution >= 0.6 is 0 Å². The highest BCUT2D eigenvalue weighted by Crippen LogP contribution is 2.41. The molecule has 7 heteroatoms. The number of nitrogens with zero attached hydrogens (tertiary/aromatic N) is 1. The number of ether oxygens (including phenoxy) is 1. The molecule has 1 aliphatic carbocycles. The predicted octanol–water partition coefficient (Wildman–Crippen LogP) is 8.77. The van der Waals surface area contributed by atoms with Gasteiger partial charge in [-0.2, -0.15) is 0 Å². The van der Waals surface area contributed by atoms with Gasteiger partial charge in [-0.05, 0) is 74.8 Å². The van der Waals surface area contributed by atoms with Crippen LogP contribution in [0.2, 0.25) is 0 Å². The molecule has 5 rings (SSSR count). The van der Waals surface area contributed by atoms with Crippen molar-refractivity contribution in [2.24, 2.45) is 5.41 Å². The number of aryl methyl sites for hydroxylation is 1. The summed E-state index contributed by atoms with van der Waals surface area (Å²) in [5.41, 5.74) is 6.41. The summed E-state index contributed by atoms with van der Waals surface area (Å²) in [5.74, 6) is 0.257. The molecule has 0 bridgehead atoms. The fourth-order valence-corrected chi connectivity index (χ4v) is 5.91. The molecule has 1 aliphatic rings. The number of pyridine rings is 1. The van der Waals surface area contributed by atoms with E-state index in [4.69, 9.17) is 13.6 Å². The molecule has 3 heterocycles. The lowest BCUT2D eigenvalue weighted by Gasteiger charge is -2.32. The fraction of sp³-hybridized carbons (Fsp3) is 0.308. The van der Waals surface area contributed by atoms with Crippen molar-refractivity contribution in [3.05, 3.63) is 124 Å². The van der Waals surface area contributed by atoms with Crippen molar-refractivity contribution in [2.75, 3.05) is 11.9 Å². The number of rotatable bonds is 11. The second-order valence-electron chi connectivity index (χ2n) is 12.7. The van der Waals surface area contributed by atoms with E-state index in [0.717, 1.165) is 21.9 Å². The van der Waals surface area contributed by atoms with Gasteiger partial charge in [0.2, 0.25) is 11.7 Å². The number of furan rings is 1. The van der Waals surface area contributed by atoms with Crippen molar-refractivity contribution >= 4 is 33.5 Å². The topological polar surface area (TPSA) is 85.6 Å². The first-order valence-corrected chi connectivity index (χ1v) is 15.9. The number of anilines is 1. The van der Waals surface area contributed by atoms with E-state index < -0.39 is 5.63 Å². The van der Waals surface area contributed by atoms with Gasteiger partial charge in [-0.25, -0.2) is 9.36 Å². The van der Waals surface area contributed by atoms with Crippen LogP contribution in [0.1, 0.15) is 60.3 Å². The molecule has 0 saturated heterocycles. The molecule has 0 radical (unpaired) electrons. The number of carbonyl (C=O) groups excluding carboxylic acids is 1. The number of nitrogens with one attached hydrogen (secondary N) is 1. The summed E-state index contributed by atoms with van der Waals surface area (Å²) in [4.78, 5) is 24.4. The summed E-state index contributed by atoms with van der Waals surface area (Å²) in [5, 5.41) is 4.58. The summed E-state index contributed by atoms with van der Waals surface area (Å²) in [6.45, 7) is 12.0. The molecule has 3 aromatic heterocycles. The minimum Gasteiger partial charge on any atom is -0.486 e. The van der Waals surface area contributed by atoms with Gasteiger partial charge in [0.05, 0.1) is 18.6 Å². The first kappa shape index (κ1) is 32.5. The second-order valence-corrected chi connectivity index (χ2v) is 12.7. The third kappa shape index (κ3) is 8.21. The van der Waals surface area contributed by atoms with Crippen molar-refractivity contribution in [1.29, 1.82) is 0 Å². The van der Waals surface area contributed by atoms with E-state index in [1.807, 2.05) is 60.3 Å². The lowest BCUT2D eigenvalue weighted by atomic mass is 9.72. The average Bonchev–Trinajstić information content (AvgIpc) is 3.47. The zero-order chi connectivity index (χ0) is 32.7. The maximum Gasteiger partial charge on any atom is 0.336 e. The minimum atomic E-state index is -0.439. The van der Waals surface area contributed by atoms with Gasteiger partial charge in [-0.1, -0.05) is 55.4 Å². The second kappa shape index (κ2) is 14.5. The first-order chi connectivity index (χ1) is 22.1. The summed E-state index contributed by atoms with van der Waals surface area (Å²) in [7, 11) is 0. The number of allylic oxidation sites excluding steroid dienone is 9. The molecule has 0 fully saturated rings. The van der Waals surface area contributed by atoms with Gasteiger partial charge < -0.3 is 18.9 Å². The van der Waals surface area contributed by atoms with Crippen LogP contribution in [0.4, 0.5) is 5.69 Å². The maximum atomic E-state index is 12.6. The maximum absolute atomic E-state index is 12.6. The van der Waals surface area contributed by atoms with Crippen LogP contribution in [-0.2, 0) is 11.3 Å². The van der Waals surface area contributed by atoms with Gasteiger partial charge in [0.1, 0.15) is 0 Å². The van der Waals surface area contributed by atoms with Crippen LogP contribution in [0.15, 0.2) is 127 Å². The Morgan fingerprint density at radius 2 is 1.83 bits per heavy atom. The number of fused-ring (bicyclic) bond motifs is 2. The van der Waals surface area contributed by atoms with Crippen LogP contribution in [0, 0.1) is 5.41 Å². The van der Waals surface area contributed by atoms with E-state index in [-0.39, 0.29) is 11.3 Å². The minimum absolute atomic E-state index is 0.179. The Morgan fingerprint density at radius 3 is 2.61 bits per heavy atom. The molecule has 0 aliphatic heterocycles. The molecule has 1 N–H and O–H groups in total. The monoisotopic (exact) mass is 619 g/mol. The molecule has 7 nitrogen and oxygen atoms in total.